The Morgan fingerprint density at radius 3 is 2.62 bits per heavy atom. The summed E-state index contributed by atoms with van der Waals surface area (Å²) in [6.07, 6.45) is 4.84. The van der Waals surface area contributed by atoms with Crippen LogP contribution in [0.25, 0.3) is 16.7 Å². The predicted octanol–water partition coefficient (Wildman–Crippen LogP) is 3.43. The molecule has 4 aromatic rings. The number of nitrogens with one attached hydrogen (secondary N) is 1. The number of nitrogens with zero attached hydrogens (tertiary/aromatic N) is 5. The molecule has 0 saturated heterocycles. The van der Waals surface area contributed by atoms with Crippen LogP contribution in [-0.2, 0) is 0 Å². The fraction of sp³-hybridized carbons (Fsp3) is 0. The molecular weight excluding hydrogens is 300 g/mol. The molecule has 0 radical (unpaired) electrons. The molecule has 0 aliphatic rings. The fourth-order valence-electron chi connectivity index (χ4n) is 2.53. The van der Waals surface area contributed by atoms with Gasteiger partial charge in [-0.25, -0.2) is 15.0 Å². The van der Waals surface area contributed by atoms with E-state index in [1.807, 2.05) is 59.2 Å². The Kier molecular flexibility index (Phi) is 3.37. The molecule has 6 heteroatoms. The number of nitriles is 1. The molecule has 2 aromatic carbocycles. The molecule has 0 saturated carbocycles. The summed E-state index contributed by atoms with van der Waals surface area (Å²) < 4.78 is 2.03. The molecule has 0 aliphatic carbocycles. The Bertz CT molecular complexity index is 1050. The van der Waals surface area contributed by atoms with E-state index in [1.165, 1.54) is 6.20 Å². The van der Waals surface area contributed by atoms with Crippen molar-refractivity contribution in [1.29, 1.82) is 5.26 Å². The van der Waals surface area contributed by atoms with Crippen molar-refractivity contribution in [1.82, 2.24) is 19.5 Å². The lowest BCUT2D eigenvalue weighted by atomic mass is 10.2. The summed E-state index contributed by atoms with van der Waals surface area (Å²) in [5.41, 5.74) is 3.98. The van der Waals surface area contributed by atoms with Gasteiger partial charge in [-0.05, 0) is 30.3 Å². The average Bonchev–Trinajstić information content (AvgIpc) is 3.06. The molecule has 0 amide bonds. The Labute approximate surface area is 138 Å². The average molecular weight is 312 g/mol. The Morgan fingerprint density at radius 2 is 1.79 bits per heavy atom. The highest BCUT2D eigenvalue weighted by Crippen LogP contribution is 2.23. The second-order valence-electron chi connectivity index (χ2n) is 5.14. The first-order valence-electron chi connectivity index (χ1n) is 7.36. The van der Waals surface area contributed by atoms with Crippen LogP contribution >= 0.6 is 0 Å². The van der Waals surface area contributed by atoms with Crippen molar-refractivity contribution in [3.05, 3.63) is 72.9 Å². The van der Waals surface area contributed by atoms with Gasteiger partial charge in [-0.15, -0.1) is 0 Å². The smallest absolute Gasteiger partial charge is 0.183 e. The third-order valence-corrected chi connectivity index (χ3v) is 3.65. The Hall–Kier alpha value is -3.72. The second kappa shape index (κ2) is 5.82. The van der Waals surface area contributed by atoms with Gasteiger partial charge in [0, 0.05) is 23.8 Å². The molecule has 0 bridgehead atoms. The van der Waals surface area contributed by atoms with Crippen molar-refractivity contribution in [2.75, 3.05) is 5.32 Å². The van der Waals surface area contributed by atoms with Gasteiger partial charge in [-0.1, -0.05) is 18.2 Å². The van der Waals surface area contributed by atoms with E-state index in [1.54, 1.807) is 12.5 Å². The first-order valence-corrected chi connectivity index (χ1v) is 7.36. The van der Waals surface area contributed by atoms with Crippen LogP contribution in [0.1, 0.15) is 5.69 Å². The third-order valence-electron chi connectivity index (χ3n) is 3.65. The topological polar surface area (TPSA) is 79.4 Å². The van der Waals surface area contributed by atoms with Crippen LogP contribution in [0.5, 0.6) is 0 Å². The van der Waals surface area contributed by atoms with E-state index in [4.69, 9.17) is 5.26 Å². The molecule has 0 spiro atoms. The van der Waals surface area contributed by atoms with Crippen LogP contribution in [-0.4, -0.2) is 19.5 Å². The quantitative estimate of drug-likeness (QED) is 0.627. The van der Waals surface area contributed by atoms with Gasteiger partial charge in [-0.2, -0.15) is 5.26 Å². The highest BCUT2D eigenvalue weighted by atomic mass is 15.1. The van der Waals surface area contributed by atoms with Gasteiger partial charge in [-0.3, -0.25) is 4.57 Å². The van der Waals surface area contributed by atoms with Crippen LogP contribution < -0.4 is 5.32 Å². The molecule has 0 unspecified atom stereocenters. The van der Waals surface area contributed by atoms with Crippen LogP contribution in [0.3, 0.4) is 0 Å². The summed E-state index contributed by atoms with van der Waals surface area (Å²) in [5, 5.41) is 12.2. The van der Waals surface area contributed by atoms with Crippen molar-refractivity contribution < 1.29 is 0 Å². The normalized spacial score (nSPS) is 10.5. The van der Waals surface area contributed by atoms with E-state index in [0.717, 1.165) is 22.4 Å². The molecule has 2 aromatic heterocycles. The van der Waals surface area contributed by atoms with Crippen molar-refractivity contribution >= 4 is 22.5 Å². The summed E-state index contributed by atoms with van der Waals surface area (Å²) in [5.74, 6) is 0.432. The number of fused-ring (bicyclic) bond motifs is 1. The van der Waals surface area contributed by atoms with E-state index in [9.17, 15) is 0 Å². The number of aromatic nitrogens is 4. The Balaban J connectivity index is 1.72. The van der Waals surface area contributed by atoms with E-state index >= 15 is 0 Å². The molecule has 0 atom stereocenters. The van der Waals surface area contributed by atoms with Gasteiger partial charge in [0.05, 0.1) is 11.0 Å². The zero-order valence-corrected chi connectivity index (χ0v) is 12.6. The van der Waals surface area contributed by atoms with Crippen LogP contribution in [0.2, 0.25) is 0 Å². The molecule has 1 N–H and O–H groups in total. The monoisotopic (exact) mass is 312 g/mol. The van der Waals surface area contributed by atoms with E-state index in [0.29, 0.717) is 5.82 Å². The van der Waals surface area contributed by atoms with Crippen LogP contribution in [0.4, 0.5) is 11.5 Å². The zero-order valence-electron chi connectivity index (χ0n) is 12.6. The lowest BCUT2D eigenvalue weighted by Crippen LogP contribution is -1.98. The maximum atomic E-state index is 9.09. The Morgan fingerprint density at radius 1 is 0.958 bits per heavy atom. The minimum atomic E-state index is 0.257. The number of rotatable bonds is 3. The number of hydrogen-bond donors (Lipinski definition) is 1. The van der Waals surface area contributed by atoms with Gasteiger partial charge in [0.1, 0.15) is 12.4 Å². The summed E-state index contributed by atoms with van der Waals surface area (Å²) in [7, 11) is 0. The number of hydrogen-bond acceptors (Lipinski definition) is 5. The summed E-state index contributed by atoms with van der Waals surface area (Å²) in [4.78, 5) is 12.6. The summed E-state index contributed by atoms with van der Waals surface area (Å²) in [6.45, 7) is 0. The van der Waals surface area contributed by atoms with Crippen molar-refractivity contribution in [3.8, 4) is 11.8 Å². The molecule has 114 valence electrons. The van der Waals surface area contributed by atoms with Gasteiger partial charge in [0.25, 0.3) is 0 Å². The van der Waals surface area contributed by atoms with Gasteiger partial charge in [0.2, 0.25) is 0 Å². The highest BCUT2D eigenvalue weighted by Gasteiger charge is 2.08. The lowest BCUT2D eigenvalue weighted by molar-refractivity contribution is 1.09. The zero-order chi connectivity index (χ0) is 16.4. The number of anilines is 2. The maximum Gasteiger partial charge on any atom is 0.183 e. The molecule has 4 rings (SSSR count). The summed E-state index contributed by atoms with van der Waals surface area (Å²) in [6, 6.07) is 17.9. The minimum Gasteiger partial charge on any atom is -0.338 e. The van der Waals surface area contributed by atoms with Gasteiger partial charge in [0.15, 0.2) is 11.5 Å². The number of benzene rings is 2. The van der Waals surface area contributed by atoms with E-state index < -0.39 is 0 Å². The molecule has 0 aliphatic heterocycles. The largest absolute Gasteiger partial charge is 0.338 e. The van der Waals surface area contributed by atoms with Crippen LogP contribution in [0, 0.1) is 11.3 Å². The van der Waals surface area contributed by atoms with Crippen LogP contribution in [0.15, 0.2) is 67.3 Å². The number of para-hydroxylation sites is 1. The van der Waals surface area contributed by atoms with E-state index in [2.05, 4.69) is 20.3 Å². The molecular formula is C18H12N6. The first-order chi connectivity index (χ1) is 11.8. The summed E-state index contributed by atoms with van der Waals surface area (Å²) >= 11 is 0. The van der Waals surface area contributed by atoms with E-state index in [-0.39, 0.29) is 5.69 Å². The van der Waals surface area contributed by atoms with Crippen molar-refractivity contribution in [2.24, 2.45) is 0 Å². The predicted molar refractivity (Wildman–Crippen MR) is 91.1 cm³/mol. The van der Waals surface area contributed by atoms with Crippen molar-refractivity contribution in [2.45, 2.75) is 0 Å². The van der Waals surface area contributed by atoms with Gasteiger partial charge >= 0.3 is 0 Å². The van der Waals surface area contributed by atoms with Gasteiger partial charge < -0.3 is 5.32 Å². The fourth-order valence-corrected chi connectivity index (χ4v) is 2.53. The lowest BCUT2D eigenvalue weighted by Gasteiger charge is -2.07. The van der Waals surface area contributed by atoms with Crippen molar-refractivity contribution in [3.63, 3.8) is 0 Å². The minimum absolute atomic E-state index is 0.257. The maximum absolute atomic E-state index is 9.09. The third kappa shape index (κ3) is 2.44. The highest BCUT2D eigenvalue weighted by molar-refractivity contribution is 5.82. The standard InChI is InChI=1S/C18H12N6/c19-11-16-18(21-9-8-20-16)23-13-6-7-17-15(10-13)22-12-24(17)14-4-2-1-3-5-14/h1-10,12H,(H,21,23). The molecule has 2 heterocycles. The molecule has 6 nitrogen and oxygen atoms in total. The molecule has 24 heavy (non-hydrogen) atoms. The first kappa shape index (κ1) is 13.9. The number of imidazole rings is 1. The second-order valence-corrected chi connectivity index (χ2v) is 5.14. The molecule has 0 fully saturated rings. The SMILES string of the molecule is N#Cc1nccnc1Nc1ccc2c(c1)ncn2-c1ccccc1.